The summed E-state index contributed by atoms with van der Waals surface area (Å²) >= 11 is 0. The maximum atomic E-state index is 12.8. The molecule has 1 aromatic carbocycles. The summed E-state index contributed by atoms with van der Waals surface area (Å²) in [5, 5.41) is 0. The Hall–Kier alpha value is -1.07. The summed E-state index contributed by atoms with van der Waals surface area (Å²) in [4.78, 5) is 0.268. The first-order valence-electron chi connectivity index (χ1n) is 7.33. The van der Waals surface area contributed by atoms with Gasteiger partial charge in [-0.25, -0.2) is 8.42 Å². The Kier molecular flexibility index (Phi) is 3.50. The van der Waals surface area contributed by atoms with Crippen molar-refractivity contribution in [1.29, 1.82) is 0 Å². The van der Waals surface area contributed by atoms with Crippen molar-refractivity contribution < 1.29 is 8.42 Å². The molecule has 0 spiro atoms. The molecule has 1 aromatic rings. The second-order valence-corrected chi connectivity index (χ2v) is 8.16. The second kappa shape index (κ2) is 5.04. The Morgan fingerprint density at radius 1 is 1.15 bits per heavy atom. The van der Waals surface area contributed by atoms with Crippen LogP contribution in [0.3, 0.4) is 0 Å². The third-order valence-corrected chi connectivity index (χ3v) is 6.01. The van der Waals surface area contributed by atoms with Crippen molar-refractivity contribution >= 4 is 15.7 Å². The number of nitrogen functional groups attached to an aromatic ring is 1. The molecule has 0 unspecified atom stereocenters. The van der Waals surface area contributed by atoms with Gasteiger partial charge in [0.25, 0.3) is 0 Å². The highest BCUT2D eigenvalue weighted by Gasteiger charge is 2.36. The lowest BCUT2D eigenvalue weighted by atomic mass is 10.2. The Balaban J connectivity index is 1.89. The van der Waals surface area contributed by atoms with Crippen molar-refractivity contribution in [3.8, 4) is 0 Å². The lowest BCUT2D eigenvalue weighted by Crippen LogP contribution is -2.35. The van der Waals surface area contributed by atoms with Crippen molar-refractivity contribution in [2.75, 3.05) is 18.8 Å². The van der Waals surface area contributed by atoms with Crippen LogP contribution in [0.5, 0.6) is 0 Å². The number of nitrogens with two attached hydrogens (primary N) is 1. The largest absolute Gasteiger partial charge is 0.398 e. The maximum Gasteiger partial charge on any atom is 0.245 e. The van der Waals surface area contributed by atoms with Crippen LogP contribution in [0, 0.1) is 18.8 Å². The van der Waals surface area contributed by atoms with Gasteiger partial charge < -0.3 is 5.73 Å². The highest BCUT2D eigenvalue weighted by molar-refractivity contribution is 7.89. The first-order chi connectivity index (χ1) is 9.46. The average molecular weight is 294 g/mol. The van der Waals surface area contributed by atoms with Gasteiger partial charge in [-0.15, -0.1) is 0 Å². The van der Waals surface area contributed by atoms with Gasteiger partial charge in [0.2, 0.25) is 10.0 Å². The Morgan fingerprint density at radius 3 is 2.15 bits per heavy atom. The summed E-state index contributed by atoms with van der Waals surface area (Å²) in [5.41, 5.74) is 7.28. The van der Waals surface area contributed by atoms with E-state index in [1.165, 1.54) is 0 Å². The fourth-order valence-corrected chi connectivity index (χ4v) is 4.18. The molecule has 0 amide bonds. The zero-order valence-corrected chi connectivity index (χ0v) is 12.7. The monoisotopic (exact) mass is 294 g/mol. The lowest BCUT2D eigenvalue weighted by Gasteiger charge is -2.23. The van der Waals surface area contributed by atoms with Crippen LogP contribution in [0.25, 0.3) is 0 Å². The predicted octanol–water partition coefficient (Wildman–Crippen LogP) is 2.39. The minimum absolute atomic E-state index is 0.268. The first-order valence-corrected chi connectivity index (χ1v) is 8.77. The van der Waals surface area contributed by atoms with Crippen LogP contribution in [0.2, 0.25) is 0 Å². The van der Waals surface area contributed by atoms with E-state index in [0.717, 1.165) is 31.2 Å². The molecule has 0 radical (unpaired) electrons. The van der Waals surface area contributed by atoms with Crippen molar-refractivity contribution in [3.63, 3.8) is 0 Å². The van der Waals surface area contributed by atoms with Crippen molar-refractivity contribution in [2.24, 2.45) is 11.8 Å². The van der Waals surface area contributed by atoms with E-state index in [1.807, 2.05) is 13.0 Å². The fraction of sp³-hybridized carbons (Fsp3) is 0.600. The van der Waals surface area contributed by atoms with Crippen LogP contribution < -0.4 is 5.73 Å². The fourth-order valence-electron chi connectivity index (χ4n) is 2.49. The number of hydrogen-bond acceptors (Lipinski definition) is 3. The highest BCUT2D eigenvalue weighted by Crippen LogP contribution is 2.36. The molecule has 2 fully saturated rings. The molecule has 3 rings (SSSR count). The molecule has 0 saturated heterocycles. The van der Waals surface area contributed by atoms with Gasteiger partial charge in [0.05, 0.1) is 5.69 Å². The molecule has 2 aliphatic carbocycles. The topological polar surface area (TPSA) is 63.4 Å². The number of hydrogen-bond donors (Lipinski definition) is 1. The van der Waals surface area contributed by atoms with Gasteiger partial charge in [-0.3, -0.25) is 0 Å². The summed E-state index contributed by atoms with van der Waals surface area (Å²) in [5.74, 6) is 1.10. The van der Waals surface area contributed by atoms with Crippen LogP contribution in [0.4, 0.5) is 5.69 Å². The van der Waals surface area contributed by atoms with Gasteiger partial charge in [-0.1, -0.05) is 6.07 Å². The maximum absolute atomic E-state index is 12.8. The van der Waals surface area contributed by atoms with E-state index in [-0.39, 0.29) is 4.90 Å². The van der Waals surface area contributed by atoms with Crippen molar-refractivity contribution in [2.45, 2.75) is 37.5 Å². The van der Waals surface area contributed by atoms with Crippen molar-refractivity contribution in [3.05, 3.63) is 23.8 Å². The minimum atomic E-state index is -3.45. The summed E-state index contributed by atoms with van der Waals surface area (Å²) in [6.45, 7) is 3.23. The molecule has 0 aliphatic heterocycles. The molecule has 2 aliphatic rings. The molecule has 4 nitrogen and oxygen atoms in total. The number of benzene rings is 1. The second-order valence-electron chi connectivity index (χ2n) is 6.25. The van der Waals surface area contributed by atoms with E-state index < -0.39 is 10.0 Å². The smallest absolute Gasteiger partial charge is 0.245 e. The van der Waals surface area contributed by atoms with Crippen LogP contribution >= 0.6 is 0 Å². The molecule has 0 heterocycles. The van der Waals surface area contributed by atoms with Crippen LogP contribution in [-0.4, -0.2) is 25.8 Å². The minimum Gasteiger partial charge on any atom is -0.398 e. The zero-order chi connectivity index (χ0) is 14.3. The Morgan fingerprint density at radius 2 is 1.70 bits per heavy atom. The molecule has 0 atom stereocenters. The highest BCUT2D eigenvalue weighted by atomic mass is 32.2. The van der Waals surface area contributed by atoms with Gasteiger partial charge in [-0.2, -0.15) is 4.31 Å². The van der Waals surface area contributed by atoms with E-state index in [1.54, 1.807) is 16.4 Å². The van der Waals surface area contributed by atoms with Crippen molar-refractivity contribution in [1.82, 2.24) is 4.31 Å². The number of rotatable bonds is 6. The van der Waals surface area contributed by atoms with Gasteiger partial charge in [0.1, 0.15) is 4.90 Å². The van der Waals surface area contributed by atoms with Crippen LogP contribution in [0.1, 0.15) is 31.2 Å². The number of sulfonamides is 1. The van der Waals surface area contributed by atoms with Gasteiger partial charge in [0.15, 0.2) is 0 Å². The third-order valence-electron chi connectivity index (χ3n) is 4.10. The van der Waals surface area contributed by atoms with E-state index in [0.29, 0.717) is 30.6 Å². The van der Waals surface area contributed by atoms with Crippen LogP contribution in [0.15, 0.2) is 23.1 Å². The normalized spacial score (nSPS) is 19.5. The molecule has 2 saturated carbocycles. The van der Waals surface area contributed by atoms with Gasteiger partial charge in [-0.05, 0) is 62.1 Å². The first kappa shape index (κ1) is 13.9. The molecule has 5 heteroatoms. The zero-order valence-electron chi connectivity index (χ0n) is 11.9. The SMILES string of the molecule is Cc1ccc(S(=O)(=O)N(CC2CC2)CC2CC2)c(N)c1. The van der Waals surface area contributed by atoms with Gasteiger partial charge in [0, 0.05) is 13.1 Å². The summed E-state index contributed by atoms with van der Waals surface area (Å²) < 4.78 is 27.3. The average Bonchev–Trinajstić information content (AvgIpc) is 3.22. The summed E-state index contributed by atoms with van der Waals surface area (Å²) in [7, 11) is -3.45. The number of anilines is 1. The molecule has 20 heavy (non-hydrogen) atoms. The molecule has 110 valence electrons. The molecular weight excluding hydrogens is 272 g/mol. The molecule has 0 bridgehead atoms. The third kappa shape index (κ3) is 2.99. The quantitative estimate of drug-likeness (QED) is 0.819. The number of nitrogens with zero attached hydrogens (tertiary/aromatic N) is 1. The van der Waals surface area contributed by atoms with Gasteiger partial charge >= 0.3 is 0 Å². The molecule has 0 aromatic heterocycles. The predicted molar refractivity (Wildman–Crippen MR) is 79.8 cm³/mol. The molecular formula is C15H22N2O2S. The van der Waals surface area contributed by atoms with E-state index in [9.17, 15) is 8.42 Å². The lowest BCUT2D eigenvalue weighted by molar-refractivity contribution is 0.382. The summed E-state index contributed by atoms with van der Waals surface area (Å²) in [6.07, 6.45) is 4.61. The standard InChI is InChI=1S/C15H22N2O2S/c1-11-2-7-15(14(16)8-11)20(18,19)17(9-12-3-4-12)10-13-5-6-13/h2,7-8,12-13H,3-6,9-10,16H2,1H3. The summed E-state index contributed by atoms with van der Waals surface area (Å²) in [6, 6.07) is 5.20. The molecule has 2 N–H and O–H groups in total. The van der Waals surface area contributed by atoms with E-state index >= 15 is 0 Å². The Bertz CT molecular complexity index is 590. The Labute approximate surface area is 121 Å². The van der Waals surface area contributed by atoms with E-state index in [4.69, 9.17) is 5.73 Å². The van der Waals surface area contributed by atoms with Crippen LogP contribution in [-0.2, 0) is 10.0 Å². The van der Waals surface area contributed by atoms with E-state index in [2.05, 4.69) is 0 Å². The number of aryl methyl sites for hydroxylation is 1.